The van der Waals surface area contributed by atoms with Gasteiger partial charge in [0.2, 0.25) is 0 Å². The van der Waals surface area contributed by atoms with Crippen LogP contribution in [0.3, 0.4) is 0 Å². The summed E-state index contributed by atoms with van der Waals surface area (Å²) in [6.45, 7) is 3.60. The predicted octanol–water partition coefficient (Wildman–Crippen LogP) is 3.99. The summed E-state index contributed by atoms with van der Waals surface area (Å²) in [6.07, 6.45) is 4.32. The van der Waals surface area contributed by atoms with Gasteiger partial charge in [0.1, 0.15) is 5.70 Å². The van der Waals surface area contributed by atoms with Crippen molar-refractivity contribution in [1.82, 2.24) is 14.8 Å². The second-order valence-corrected chi connectivity index (χ2v) is 8.02. The van der Waals surface area contributed by atoms with Crippen LogP contribution in [-0.2, 0) is 22.6 Å². The van der Waals surface area contributed by atoms with Crippen molar-refractivity contribution in [2.24, 2.45) is 0 Å². The van der Waals surface area contributed by atoms with E-state index >= 15 is 0 Å². The van der Waals surface area contributed by atoms with Gasteiger partial charge in [-0.05, 0) is 48.1 Å². The Morgan fingerprint density at radius 2 is 1.70 bits per heavy atom. The first kappa shape index (κ1) is 20.0. The molecule has 3 heterocycles. The molecular formula is C24H23N3O2S. The second kappa shape index (κ2) is 9.05. The van der Waals surface area contributed by atoms with E-state index in [0.29, 0.717) is 24.4 Å². The van der Waals surface area contributed by atoms with E-state index in [-0.39, 0.29) is 18.4 Å². The zero-order valence-electron chi connectivity index (χ0n) is 16.8. The molecule has 5 nitrogen and oxygen atoms in total. The highest BCUT2D eigenvalue weighted by atomic mass is 32.1. The third-order valence-electron chi connectivity index (χ3n) is 5.21. The molecule has 2 aromatic heterocycles. The molecule has 1 aliphatic heterocycles. The molecule has 3 aromatic rings. The summed E-state index contributed by atoms with van der Waals surface area (Å²) in [5, 5.41) is 1.94. The van der Waals surface area contributed by atoms with Gasteiger partial charge in [-0.25, -0.2) is 0 Å². The van der Waals surface area contributed by atoms with Crippen LogP contribution in [0, 0.1) is 0 Å². The van der Waals surface area contributed by atoms with Gasteiger partial charge in [0.05, 0.1) is 12.1 Å². The molecule has 0 fully saturated rings. The van der Waals surface area contributed by atoms with Crippen LogP contribution in [0.25, 0.3) is 5.57 Å². The molecule has 2 amide bonds. The van der Waals surface area contributed by atoms with E-state index in [2.05, 4.69) is 4.98 Å². The number of nitrogens with zero attached hydrogens (tertiary/aromatic N) is 3. The largest absolute Gasteiger partial charge is 0.366 e. The Morgan fingerprint density at radius 3 is 2.37 bits per heavy atom. The van der Waals surface area contributed by atoms with Gasteiger partial charge in [-0.3, -0.25) is 19.5 Å². The lowest BCUT2D eigenvalue weighted by Crippen LogP contribution is -2.35. The standard InChI is InChI=1S/C24H23N3O2S/c1-2-26(15-12-18-10-13-25-14-11-18)22-21(20-9-6-16-30-20)23(28)27(24(22)29)17-19-7-4-3-5-8-19/h3-11,13-14,16H,2,12,15,17H2,1H3. The molecule has 4 rings (SSSR count). The van der Waals surface area contributed by atoms with Crippen LogP contribution in [0.15, 0.2) is 78.1 Å². The van der Waals surface area contributed by atoms with E-state index in [0.717, 1.165) is 22.4 Å². The minimum absolute atomic E-state index is 0.219. The number of benzene rings is 1. The van der Waals surface area contributed by atoms with Gasteiger partial charge < -0.3 is 4.90 Å². The van der Waals surface area contributed by atoms with E-state index in [1.54, 1.807) is 12.4 Å². The van der Waals surface area contributed by atoms with Gasteiger partial charge in [0.25, 0.3) is 11.8 Å². The minimum Gasteiger partial charge on any atom is -0.366 e. The number of amides is 2. The lowest BCUT2D eigenvalue weighted by atomic mass is 10.1. The third-order valence-corrected chi connectivity index (χ3v) is 6.10. The minimum atomic E-state index is -0.219. The topological polar surface area (TPSA) is 53.5 Å². The molecule has 0 unspecified atom stereocenters. The number of aromatic nitrogens is 1. The second-order valence-electron chi connectivity index (χ2n) is 7.07. The molecular weight excluding hydrogens is 394 g/mol. The molecule has 0 saturated heterocycles. The first-order valence-corrected chi connectivity index (χ1v) is 10.9. The number of pyridine rings is 1. The number of imide groups is 1. The summed E-state index contributed by atoms with van der Waals surface area (Å²) in [5.41, 5.74) is 3.11. The monoisotopic (exact) mass is 417 g/mol. The third kappa shape index (κ3) is 4.04. The molecule has 0 aliphatic carbocycles. The number of hydrogen-bond donors (Lipinski definition) is 0. The van der Waals surface area contributed by atoms with Gasteiger partial charge in [-0.15, -0.1) is 11.3 Å². The van der Waals surface area contributed by atoms with Crippen molar-refractivity contribution >= 4 is 28.7 Å². The van der Waals surface area contributed by atoms with E-state index in [1.807, 2.05) is 71.8 Å². The fraction of sp³-hybridized carbons (Fsp3) is 0.208. The van der Waals surface area contributed by atoms with Crippen molar-refractivity contribution in [2.75, 3.05) is 13.1 Å². The number of thiophene rings is 1. The Kier molecular flexibility index (Phi) is 6.05. The van der Waals surface area contributed by atoms with E-state index in [9.17, 15) is 9.59 Å². The van der Waals surface area contributed by atoms with Crippen LogP contribution in [0.5, 0.6) is 0 Å². The maximum atomic E-state index is 13.4. The van der Waals surface area contributed by atoms with Gasteiger partial charge in [0, 0.05) is 30.4 Å². The zero-order chi connectivity index (χ0) is 20.9. The van der Waals surface area contributed by atoms with Crippen molar-refractivity contribution in [3.63, 3.8) is 0 Å². The molecule has 30 heavy (non-hydrogen) atoms. The molecule has 0 spiro atoms. The Morgan fingerprint density at radius 1 is 0.933 bits per heavy atom. The van der Waals surface area contributed by atoms with Crippen LogP contribution >= 0.6 is 11.3 Å². The first-order valence-electron chi connectivity index (χ1n) is 10.0. The van der Waals surface area contributed by atoms with Crippen LogP contribution in [-0.4, -0.2) is 39.7 Å². The number of carbonyl (C=O) groups is 2. The van der Waals surface area contributed by atoms with Crippen LogP contribution in [0.4, 0.5) is 0 Å². The van der Waals surface area contributed by atoms with Crippen molar-refractivity contribution in [1.29, 1.82) is 0 Å². The molecule has 1 aromatic carbocycles. The Bertz CT molecular complexity index is 1050. The Labute approximate surface area is 180 Å². The van der Waals surface area contributed by atoms with Crippen LogP contribution < -0.4 is 0 Å². The summed E-state index contributed by atoms with van der Waals surface area (Å²) in [5.74, 6) is -0.438. The van der Waals surface area contributed by atoms with E-state index in [1.165, 1.54) is 16.2 Å². The summed E-state index contributed by atoms with van der Waals surface area (Å²) in [7, 11) is 0. The lowest BCUT2D eigenvalue weighted by Gasteiger charge is -2.24. The quantitative estimate of drug-likeness (QED) is 0.520. The van der Waals surface area contributed by atoms with Crippen LogP contribution in [0.2, 0.25) is 0 Å². The predicted molar refractivity (Wildman–Crippen MR) is 118 cm³/mol. The molecule has 152 valence electrons. The van der Waals surface area contributed by atoms with E-state index < -0.39 is 0 Å². The maximum absolute atomic E-state index is 13.4. The number of likely N-dealkylation sites (N-methyl/N-ethyl adjacent to an activating group) is 1. The smallest absolute Gasteiger partial charge is 0.278 e. The fourth-order valence-corrected chi connectivity index (χ4v) is 4.41. The van der Waals surface area contributed by atoms with Crippen LogP contribution in [0.1, 0.15) is 22.9 Å². The van der Waals surface area contributed by atoms with Gasteiger partial charge >= 0.3 is 0 Å². The molecule has 0 N–H and O–H groups in total. The van der Waals surface area contributed by atoms with Gasteiger partial charge in [0.15, 0.2) is 0 Å². The molecule has 0 radical (unpaired) electrons. The van der Waals surface area contributed by atoms with Crippen molar-refractivity contribution in [3.05, 3.63) is 94.1 Å². The van der Waals surface area contributed by atoms with Crippen molar-refractivity contribution in [2.45, 2.75) is 19.9 Å². The molecule has 0 atom stereocenters. The summed E-state index contributed by atoms with van der Waals surface area (Å²) >= 11 is 1.49. The molecule has 1 aliphatic rings. The SMILES string of the molecule is CCN(CCc1ccncc1)C1=C(c2cccs2)C(=O)N(Cc2ccccc2)C1=O. The summed E-state index contributed by atoms with van der Waals surface area (Å²) in [6, 6.07) is 17.4. The number of carbonyl (C=O) groups excluding carboxylic acids is 2. The molecule has 6 heteroatoms. The Hall–Kier alpha value is -3.25. The van der Waals surface area contributed by atoms with Crippen molar-refractivity contribution < 1.29 is 9.59 Å². The highest BCUT2D eigenvalue weighted by Crippen LogP contribution is 2.34. The maximum Gasteiger partial charge on any atom is 0.278 e. The average Bonchev–Trinajstić information content (AvgIpc) is 3.39. The van der Waals surface area contributed by atoms with Gasteiger partial charge in [-0.1, -0.05) is 36.4 Å². The number of rotatable bonds is 8. The molecule has 0 saturated carbocycles. The number of hydrogen-bond acceptors (Lipinski definition) is 5. The fourth-order valence-electron chi connectivity index (χ4n) is 3.65. The van der Waals surface area contributed by atoms with Gasteiger partial charge in [-0.2, -0.15) is 0 Å². The van der Waals surface area contributed by atoms with E-state index in [4.69, 9.17) is 0 Å². The Balaban J connectivity index is 1.65. The zero-order valence-corrected chi connectivity index (χ0v) is 17.6. The molecule has 0 bridgehead atoms. The summed E-state index contributed by atoms with van der Waals surface area (Å²) < 4.78 is 0. The lowest BCUT2D eigenvalue weighted by molar-refractivity contribution is -0.138. The highest BCUT2D eigenvalue weighted by Gasteiger charge is 2.41. The summed E-state index contributed by atoms with van der Waals surface area (Å²) in [4.78, 5) is 35.1. The normalized spacial score (nSPS) is 14.0. The highest BCUT2D eigenvalue weighted by molar-refractivity contribution is 7.11. The van der Waals surface area contributed by atoms with Crippen molar-refractivity contribution in [3.8, 4) is 0 Å². The average molecular weight is 418 g/mol. The first-order chi connectivity index (χ1) is 14.7.